The van der Waals surface area contributed by atoms with E-state index in [2.05, 4.69) is 4.98 Å². The van der Waals surface area contributed by atoms with Gasteiger partial charge in [0.05, 0.1) is 24.3 Å². The quantitative estimate of drug-likeness (QED) is 0.372. The highest BCUT2D eigenvalue weighted by Gasteiger charge is 2.16. The van der Waals surface area contributed by atoms with Gasteiger partial charge in [-0.25, -0.2) is 19.2 Å². The van der Waals surface area contributed by atoms with E-state index in [-0.39, 0.29) is 26.2 Å². The molecular weight excluding hydrogens is 418 g/mol. The molecule has 0 spiro atoms. The molecule has 0 amide bonds. The summed E-state index contributed by atoms with van der Waals surface area (Å²) in [4.78, 5) is 53.0. The van der Waals surface area contributed by atoms with Crippen LogP contribution in [-0.4, -0.2) is 46.3 Å². The summed E-state index contributed by atoms with van der Waals surface area (Å²) in [7, 11) is 0. The molecule has 1 aromatic heterocycles. The molecule has 2 aromatic carbocycles. The number of H-pyrrole nitrogens is 1. The average molecular weight is 439 g/mol. The van der Waals surface area contributed by atoms with Crippen molar-refractivity contribution in [2.45, 2.75) is 12.6 Å². The van der Waals surface area contributed by atoms with Gasteiger partial charge in [0.25, 0.3) is 0 Å². The lowest BCUT2D eigenvalue weighted by atomic mass is 10.2. The molecule has 0 aliphatic carbocycles. The van der Waals surface area contributed by atoms with Crippen molar-refractivity contribution < 1.29 is 23.8 Å². The van der Waals surface area contributed by atoms with Crippen molar-refractivity contribution in [1.82, 2.24) is 14.5 Å². The Morgan fingerprint density at radius 2 is 1.41 bits per heavy atom. The molecule has 0 saturated heterocycles. The van der Waals surface area contributed by atoms with Gasteiger partial charge in [-0.2, -0.15) is 4.98 Å². The van der Waals surface area contributed by atoms with E-state index in [0.29, 0.717) is 11.1 Å². The monoisotopic (exact) mass is 439 g/mol. The van der Waals surface area contributed by atoms with Crippen LogP contribution in [0.1, 0.15) is 33.4 Å². The van der Waals surface area contributed by atoms with E-state index >= 15 is 0 Å². The number of benzene rings is 2. The van der Waals surface area contributed by atoms with E-state index in [0.717, 1.165) is 10.9 Å². The van der Waals surface area contributed by atoms with Crippen LogP contribution in [0.15, 0.2) is 76.6 Å². The van der Waals surface area contributed by atoms with Gasteiger partial charge in [0, 0.05) is 6.42 Å². The van der Waals surface area contributed by atoms with Crippen LogP contribution in [-0.2, 0) is 14.2 Å². The van der Waals surface area contributed by atoms with Crippen LogP contribution in [0.25, 0.3) is 0 Å². The third-order valence-electron chi connectivity index (χ3n) is 4.30. The minimum atomic E-state index is -0.911. The fourth-order valence-electron chi connectivity index (χ4n) is 2.75. The Hall–Kier alpha value is -4.05. The molecule has 1 atom stereocenters. The Kier molecular flexibility index (Phi) is 8.04. The minimum absolute atomic E-state index is 0.0402. The van der Waals surface area contributed by atoms with E-state index in [1.165, 1.54) is 0 Å². The van der Waals surface area contributed by atoms with Gasteiger partial charge in [-0.05, 0) is 24.3 Å². The van der Waals surface area contributed by atoms with Crippen molar-refractivity contribution in [2.75, 3.05) is 19.8 Å². The third kappa shape index (κ3) is 6.47. The molecule has 0 saturated carbocycles. The molecular formula is C22H21N3O7. The fraction of sp³-hybridized carbons (Fsp3) is 0.227. The summed E-state index contributed by atoms with van der Waals surface area (Å²) < 4.78 is 17.1. The van der Waals surface area contributed by atoms with Crippen molar-refractivity contribution in [3.05, 3.63) is 99.1 Å². The highest BCUT2D eigenvalue weighted by Crippen LogP contribution is 2.12. The Labute approximate surface area is 182 Å². The highest BCUT2D eigenvalue weighted by molar-refractivity contribution is 5.89. The van der Waals surface area contributed by atoms with E-state index in [9.17, 15) is 19.2 Å². The predicted molar refractivity (Wildman–Crippen MR) is 112 cm³/mol. The Morgan fingerprint density at radius 1 is 0.844 bits per heavy atom. The molecule has 1 N–H and O–H groups in total. The lowest BCUT2D eigenvalue weighted by molar-refractivity contribution is -0.0401. The fourth-order valence-corrected chi connectivity index (χ4v) is 2.75. The van der Waals surface area contributed by atoms with Gasteiger partial charge in [0.2, 0.25) is 0 Å². The Balaban J connectivity index is 1.57. The number of carbonyl (C=O) groups excluding carboxylic acids is 2. The molecule has 10 heteroatoms. The Morgan fingerprint density at radius 3 is 1.97 bits per heavy atom. The second-order valence-electron chi connectivity index (χ2n) is 6.51. The zero-order valence-electron chi connectivity index (χ0n) is 17.0. The first-order valence-corrected chi connectivity index (χ1v) is 9.78. The van der Waals surface area contributed by atoms with Crippen molar-refractivity contribution in [1.29, 1.82) is 0 Å². The van der Waals surface area contributed by atoms with Gasteiger partial charge >= 0.3 is 23.3 Å². The summed E-state index contributed by atoms with van der Waals surface area (Å²) in [5.41, 5.74) is -0.735. The number of aromatic nitrogens is 3. The third-order valence-corrected chi connectivity index (χ3v) is 4.30. The average Bonchev–Trinajstić information content (AvgIpc) is 2.82. The summed E-state index contributed by atoms with van der Waals surface area (Å²) >= 11 is 0. The van der Waals surface area contributed by atoms with E-state index < -0.39 is 29.5 Å². The second kappa shape index (κ2) is 11.4. The van der Waals surface area contributed by atoms with Gasteiger partial charge in [-0.3, -0.25) is 9.55 Å². The SMILES string of the molecule is O=C(OCCO[C@@H](CCOC(=O)c1ccccc1)n1cnc(=O)[nH]c1=O)c1ccccc1. The number of aromatic amines is 1. The van der Waals surface area contributed by atoms with Crippen LogP contribution in [0, 0.1) is 0 Å². The first kappa shape index (κ1) is 22.6. The first-order chi connectivity index (χ1) is 15.5. The van der Waals surface area contributed by atoms with E-state index in [4.69, 9.17) is 14.2 Å². The molecule has 10 nitrogen and oxygen atoms in total. The number of hydrogen-bond donors (Lipinski definition) is 1. The van der Waals surface area contributed by atoms with Crippen LogP contribution < -0.4 is 11.4 Å². The van der Waals surface area contributed by atoms with Crippen LogP contribution in [0.5, 0.6) is 0 Å². The van der Waals surface area contributed by atoms with E-state index in [1.54, 1.807) is 60.7 Å². The number of esters is 2. The lowest BCUT2D eigenvalue weighted by Crippen LogP contribution is -2.35. The number of hydrogen-bond acceptors (Lipinski definition) is 8. The topological polar surface area (TPSA) is 130 Å². The maximum Gasteiger partial charge on any atom is 0.350 e. The lowest BCUT2D eigenvalue weighted by Gasteiger charge is -2.19. The van der Waals surface area contributed by atoms with Crippen molar-refractivity contribution >= 4 is 11.9 Å². The largest absolute Gasteiger partial charge is 0.462 e. The molecule has 3 aromatic rings. The van der Waals surface area contributed by atoms with Gasteiger partial charge in [-0.1, -0.05) is 36.4 Å². The number of rotatable bonds is 10. The molecule has 0 unspecified atom stereocenters. The van der Waals surface area contributed by atoms with Crippen molar-refractivity contribution in [3.63, 3.8) is 0 Å². The molecule has 0 aliphatic rings. The number of nitrogens with one attached hydrogen (secondary N) is 1. The highest BCUT2D eigenvalue weighted by atomic mass is 16.6. The number of ether oxygens (including phenoxy) is 3. The van der Waals surface area contributed by atoms with Gasteiger partial charge < -0.3 is 14.2 Å². The summed E-state index contributed by atoms with van der Waals surface area (Å²) in [6, 6.07) is 16.9. The minimum Gasteiger partial charge on any atom is -0.462 e. The normalized spacial score (nSPS) is 11.5. The smallest absolute Gasteiger partial charge is 0.350 e. The maximum atomic E-state index is 12.1. The zero-order valence-corrected chi connectivity index (χ0v) is 17.0. The molecule has 166 valence electrons. The summed E-state index contributed by atoms with van der Waals surface area (Å²) in [6.07, 6.45) is 0.227. The molecule has 0 radical (unpaired) electrons. The summed E-state index contributed by atoms with van der Waals surface area (Å²) in [5.74, 6) is -1.03. The van der Waals surface area contributed by atoms with Crippen LogP contribution in [0.3, 0.4) is 0 Å². The molecule has 3 rings (SSSR count). The zero-order chi connectivity index (χ0) is 22.8. The van der Waals surface area contributed by atoms with Crippen molar-refractivity contribution in [3.8, 4) is 0 Å². The number of carbonyl (C=O) groups is 2. The summed E-state index contributed by atoms with van der Waals surface area (Å²) in [6.45, 7) is -0.172. The second-order valence-corrected chi connectivity index (χ2v) is 6.51. The summed E-state index contributed by atoms with van der Waals surface area (Å²) in [5, 5.41) is 0. The van der Waals surface area contributed by atoms with Gasteiger partial charge in [0.15, 0.2) is 0 Å². The van der Waals surface area contributed by atoms with Gasteiger partial charge in [0.1, 0.15) is 19.2 Å². The number of nitrogens with zero attached hydrogens (tertiary/aromatic N) is 2. The molecule has 1 heterocycles. The Bertz CT molecular complexity index is 1140. The van der Waals surface area contributed by atoms with Crippen LogP contribution in [0.2, 0.25) is 0 Å². The van der Waals surface area contributed by atoms with Gasteiger partial charge in [-0.15, -0.1) is 0 Å². The van der Waals surface area contributed by atoms with Crippen LogP contribution in [0.4, 0.5) is 0 Å². The predicted octanol–water partition coefficient (Wildman–Crippen LogP) is 1.55. The van der Waals surface area contributed by atoms with Crippen molar-refractivity contribution in [2.24, 2.45) is 0 Å². The maximum absolute atomic E-state index is 12.1. The standard InChI is InChI=1S/C22H21N3O7/c26-19(16-7-3-1-4-8-16)31-12-11-18(25-15-23-21(28)24-22(25)29)30-13-14-32-20(27)17-9-5-2-6-10-17/h1-10,15,18H,11-14H2,(H,24,28,29)/t18-/m0/s1. The van der Waals surface area contributed by atoms with E-state index in [1.807, 2.05) is 4.98 Å². The molecule has 0 aliphatic heterocycles. The molecule has 0 fully saturated rings. The molecule has 0 bridgehead atoms. The molecule has 32 heavy (non-hydrogen) atoms. The van der Waals surface area contributed by atoms with Crippen LogP contribution >= 0.6 is 0 Å². The first-order valence-electron chi connectivity index (χ1n) is 9.78.